The van der Waals surface area contributed by atoms with Crippen LogP contribution < -0.4 is 11.5 Å². The molecule has 0 aliphatic heterocycles. The molecular formula is C24H29N5O2. The molecule has 0 radical (unpaired) electrons. The highest BCUT2D eigenvalue weighted by molar-refractivity contribution is 5.93. The van der Waals surface area contributed by atoms with Crippen molar-refractivity contribution in [2.24, 2.45) is 11.5 Å². The number of hydrogen-bond acceptors (Lipinski definition) is 4. The second kappa shape index (κ2) is 9.14. The van der Waals surface area contributed by atoms with Gasteiger partial charge in [0.15, 0.2) is 0 Å². The second-order valence-corrected chi connectivity index (χ2v) is 7.93. The van der Waals surface area contributed by atoms with Crippen LogP contribution in [0.5, 0.6) is 0 Å². The number of likely N-dealkylation sites (N-methyl/N-ethyl adjacent to an activating group) is 1. The van der Waals surface area contributed by atoms with Crippen molar-refractivity contribution in [3.8, 4) is 11.3 Å². The van der Waals surface area contributed by atoms with Crippen LogP contribution in [0.25, 0.3) is 11.3 Å². The van der Waals surface area contributed by atoms with E-state index >= 15 is 0 Å². The van der Waals surface area contributed by atoms with Crippen LogP contribution in [0.4, 0.5) is 0 Å². The lowest BCUT2D eigenvalue weighted by molar-refractivity contribution is -0.133. The van der Waals surface area contributed by atoms with E-state index < -0.39 is 11.9 Å². The van der Waals surface area contributed by atoms with Gasteiger partial charge in [-0.3, -0.25) is 9.59 Å². The number of carbonyl (C=O) groups is 2. The van der Waals surface area contributed by atoms with E-state index in [2.05, 4.69) is 9.97 Å². The highest BCUT2D eigenvalue weighted by atomic mass is 16.2. The minimum atomic E-state index is -0.715. The average molecular weight is 420 g/mol. The van der Waals surface area contributed by atoms with Gasteiger partial charge in [0.05, 0.1) is 17.8 Å². The van der Waals surface area contributed by atoms with Crippen LogP contribution in [0.1, 0.15) is 45.8 Å². The van der Waals surface area contributed by atoms with Crippen LogP contribution >= 0.6 is 0 Å². The number of nitrogens with zero attached hydrogens (tertiary/aromatic N) is 2. The fourth-order valence-corrected chi connectivity index (χ4v) is 3.71. The Labute approximate surface area is 182 Å². The molecule has 0 aliphatic rings. The van der Waals surface area contributed by atoms with Crippen LogP contribution in [-0.4, -0.2) is 39.8 Å². The van der Waals surface area contributed by atoms with Crippen LogP contribution in [-0.2, 0) is 11.2 Å². The standard InChI is InChI=1S/C24H29N5O2/c1-14-10-18(22(26)30)11-15(2)19(14)12-20(25)24(31)29(4)16(3)23-27-13-21(28-23)17-8-6-5-7-9-17/h5-11,13,16,20H,12,25H2,1-4H3,(H2,26,30)(H,27,28)/t16-,20-/m0/s1. The molecule has 7 heteroatoms. The van der Waals surface area contributed by atoms with E-state index in [0.29, 0.717) is 17.8 Å². The number of hydrogen-bond donors (Lipinski definition) is 3. The predicted octanol–water partition coefficient (Wildman–Crippen LogP) is 2.88. The molecule has 7 nitrogen and oxygen atoms in total. The third-order valence-corrected chi connectivity index (χ3v) is 5.71. The molecular weight excluding hydrogens is 390 g/mol. The van der Waals surface area contributed by atoms with Crippen molar-refractivity contribution in [2.45, 2.75) is 39.3 Å². The Hall–Kier alpha value is -3.45. The number of nitrogens with two attached hydrogens (primary N) is 2. The molecule has 2 atom stereocenters. The maximum atomic E-state index is 13.0. The Morgan fingerprint density at radius 2 is 1.74 bits per heavy atom. The summed E-state index contributed by atoms with van der Waals surface area (Å²) in [5.41, 5.74) is 16.7. The Balaban J connectivity index is 1.72. The molecule has 2 aromatic carbocycles. The van der Waals surface area contributed by atoms with Gasteiger partial charge < -0.3 is 21.4 Å². The molecule has 1 aromatic heterocycles. The van der Waals surface area contributed by atoms with E-state index in [1.54, 1.807) is 24.1 Å². The second-order valence-electron chi connectivity index (χ2n) is 7.93. The summed E-state index contributed by atoms with van der Waals surface area (Å²) in [7, 11) is 1.73. The Morgan fingerprint density at radius 1 is 1.13 bits per heavy atom. The first-order valence-corrected chi connectivity index (χ1v) is 10.2. The smallest absolute Gasteiger partial charge is 0.248 e. The van der Waals surface area contributed by atoms with E-state index in [1.807, 2.05) is 57.3 Å². The van der Waals surface area contributed by atoms with Crippen molar-refractivity contribution in [2.75, 3.05) is 7.05 Å². The first-order valence-electron chi connectivity index (χ1n) is 10.2. The first kappa shape index (κ1) is 22.2. The lowest BCUT2D eigenvalue weighted by Gasteiger charge is -2.27. The molecule has 3 rings (SSSR count). The molecule has 0 saturated carbocycles. The Bertz CT molecular complexity index is 1070. The zero-order chi connectivity index (χ0) is 22.7. The normalized spacial score (nSPS) is 12.9. The SMILES string of the molecule is Cc1cc(C(N)=O)cc(C)c1C[C@H](N)C(=O)N(C)[C@@H](C)c1nc(-c2ccccc2)c[nH]1. The van der Waals surface area contributed by atoms with Crippen LogP contribution in [0.2, 0.25) is 0 Å². The quantitative estimate of drug-likeness (QED) is 0.546. The van der Waals surface area contributed by atoms with E-state index in [4.69, 9.17) is 11.5 Å². The minimum Gasteiger partial charge on any atom is -0.366 e. The molecule has 2 amide bonds. The first-order chi connectivity index (χ1) is 14.7. The summed E-state index contributed by atoms with van der Waals surface area (Å²) >= 11 is 0. The largest absolute Gasteiger partial charge is 0.366 e. The fourth-order valence-electron chi connectivity index (χ4n) is 3.71. The van der Waals surface area contributed by atoms with Gasteiger partial charge in [-0.2, -0.15) is 0 Å². The summed E-state index contributed by atoms with van der Waals surface area (Å²) in [6, 6.07) is 12.3. The van der Waals surface area contributed by atoms with Gasteiger partial charge in [-0.05, 0) is 56.0 Å². The van der Waals surface area contributed by atoms with Crippen LogP contribution in [0.3, 0.4) is 0 Å². The molecule has 0 saturated heterocycles. The summed E-state index contributed by atoms with van der Waals surface area (Å²) in [5, 5.41) is 0. The minimum absolute atomic E-state index is 0.178. The topological polar surface area (TPSA) is 118 Å². The van der Waals surface area contributed by atoms with Gasteiger partial charge in [0.2, 0.25) is 11.8 Å². The van der Waals surface area contributed by atoms with E-state index in [0.717, 1.165) is 27.9 Å². The van der Waals surface area contributed by atoms with Gasteiger partial charge >= 0.3 is 0 Å². The monoisotopic (exact) mass is 419 g/mol. The summed E-state index contributed by atoms with van der Waals surface area (Å²) in [6.07, 6.45) is 2.21. The van der Waals surface area contributed by atoms with Gasteiger partial charge in [-0.25, -0.2) is 4.98 Å². The van der Waals surface area contributed by atoms with Crippen LogP contribution in [0, 0.1) is 13.8 Å². The van der Waals surface area contributed by atoms with Crippen LogP contribution in [0.15, 0.2) is 48.7 Å². The number of amides is 2. The summed E-state index contributed by atoms with van der Waals surface area (Å²) in [4.78, 5) is 33.9. The molecule has 0 spiro atoms. The zero-order valence-corrected chi connectivity index (χ0v) is 18.3. The predicted molar refractivity (Wildman–Crippen MR) is 121 cm³/mol. The molecule has 31 heavy (non-hydrogen) atoms. The van der Waals surface area contributed by atoms with Crippen molar-refractivity contribution in [1.82, 2.24) is 14.9 Å². The summed E-state index contributed by atoms with van der Waals surface area (Å²) in [5.74, 6) is 0.0445. The highest BCUT2D eigenvalue weighted by Gasteiger charge is 2.26. The lowest BCUT2D eigenvalue weighted by atomic mass is 9.93. The maximum Gasteiger partial charge on any atom is 0.248 e. The van der Waals surface area contributed by atoms with Crippen molar-refractivity contribution >= 4 is 11.8 Å². The van der Waals surface area contributed by atoms with E-state index in [-0.39, 0.29) is 11.9 Å². The summed E-state index contributed by atoms with van der Waals surface area (Å²) in [6.45, 7) is 5.70. The highest BCUT2D eigenvalue weighted by Crippen LogP contribution is 2.23. The number of carbonyl (C=O) groups excluding carboxylic acids is 2. The number of imidazole rings is 1. The molecule has 162 valence electrons. The van der Waals surface area contributed by atoms with Gasteiger partial charge in [-0.1, -0.05) is 30.3 Å². The van der Waals surface area contributed by atoms with Gasteiger partial charge in [0.1, 0.15) is 5.82 Å². The summed E-state index contributed by atoms with van der Waals surface area (Å²) < 4.78 is 0. The zero-order valence-electron chi connectivity index (χ0n) is 18.3. The Kier molecular flexibility index (Phi) is 6.56. The molecule has 3 aromatic rings. The van der Waals surface area contributed by atoms with E-state index in [1.165, 1.54) is 0 Å². The fraction of sp³-hybridized carbons (Fsp3) is 0.292. The van der Waals surface area contributed by atoms with Crippen molar-refractivity contribution < 1.29 is 9.59 Å². The van der Waals surface area contributed by atoms with Crippen molar-refractivity contribution in [1.29, 1.82) is 0 Å². The average Bonchev–Trinajstić information content (AvgIpc) is 3.25. The number of primary amides is 1. The van der Waals surface area contributed by atoms with Gasteiger partial charge in [-0.15, -0.1) is 0 Å². The van der Waals surface area contributed by atoms with Gasteiger partial charge in [0.25, 0.3) is 0 Å². The third kappa shape index (κ3) is 4.83. The number of aromatic amines is 1. The molecule has 1 heterocycles. The number of nitrogens with one attached hydrogen (secondary N) is 1. The maximum absolute atomic E-state index is 13.0. The molecule has 5 N–H and O–H groups in total. The number of H-pyrrole nitrogens is 1. The van der Waals surface area contributed by atoms with Gasteiger partial charge in [0, 0.05) is 24.4 Å². The molecule has 0 aliphatic carbocycles. The third-order valence-electron chi connectivity index (χ3n) is 5.71. The number of benzene rings is 2. The number of aryl methyl sites for hydroxylation is 2. The molecule has 0 fully saturated rings. The lowest BCUT2D eigenvalue weighted by Crippen LogP contribution is -2.44. The number of rotatable bonds is 7. The molecule has 0 unspecified atom stereocenters. The van der Waals surface area contributed by atoms with Crippen molar-refractivity contribution in [3.63, 3.8) is 0 Å². The Morgan fingerprint density at radius 3 is 2.32 bits per heavy atom. The van der Waals surface area contributed by atoms with E-state index in [9.17, 15) is 9.59 Å². The number of aromatic nitrogens is 2. The van der Waals surface area contributed by atoms with Crippen molar-refractivity contribution in [3.05, 3.63) is 76.7 Å². The molecule has 0 bridgehead atoms.